The van der Waals surface area contributed by atoms with E-state index in [9.17, 15) is 9.59 Å². The van der Waals surface area contributed by atoms with E-state index in [1.807, 2.05) is 11.8 Å². The lowest BCUT2D eigenvalue weighted by Gasteiger charge is -2.31. The molecular weight excluding hydrogens is 244 g/mol. The molecule has 0 aromatic rings. The van der Waals surface area contributed by atoms with Gasteiger partial charge in [0, 0.05) is 25.6 Å². The average molecular weight is 268 g/mol. The summed E-state index contributed by atoms with van der Waals surface area (Å²) >= 11 is 0. The van der Waals surface area contributed by atoms with Crippen LogP contribution in [0.15, 0.2) is 0 Å². The maximum Gasteiger partial charge on any atom is 0.309 e. The lowest BCUT2D eigenvalue weighted by molar-refractivity contribution is -0.151. The van der Waals surface area contributed by atoms with E-state index < -0.39 is 0 Å². The Morgan fingerprint density at radius 2 is 2.00 bits per heavy atom. The lowest BCUT2D eigenvalue weighted by atomic mass is 9.96. The summed E-state index contributed by atoms with van der Waals surface area (Å²) in [4.78, 5) is 25.6. The van der Waals surface area contributed by atoms with Crippen LogP contribution < -0.4 is 5.32 Å². The van der Waals surface area contributed by atoms with Crippen molar-refractivity contribution in [3.05, 3.63) is 0 Å². The highest BCUT2D eigenvalue weighted by atomic mass is 16.5. The fraction of sp³-hybridized carbons (Fsp3) is 0.857. The van der Waals surface area contributed by atoms with Gasteiger partial charge in [0.25, 0.3) is 0 Å². The van der Waals surface area contributed by atoms with Gasteiger partial charge in [-0.1, -0.05) is 0 Å². The number of nitrogens with one attached hydrogen (secondary N) is 1. The van der Waals surface area contributed by atoms with Crippen molar-refractivity contribution in [3.63, 3.8) is 0 Å². The van der Waals surface area contributed by atoms with Gasteiger partial charge in [-0.15, -0.1) is 0 Å². The molecule has 108 valence electrons. The molecule has 0 spiro atoms. The highest BCUT2D eigenvalue weighted by Crippen LogP contribution is 2.20. The number of piperidine rings is 1. The van der Waals surface area contributed by atoms with Crippen molar-refractivity contribution in [3.8, 4) is 0 Å². The van der Waals surface area contributed by atoms with Crippen molar-refractivity contribution in [2.24, 2.45) is 5.92 Å². The number of carbonyl (C=O) groups is 2. The SMILES string of the molecule is CCOC(=O)C1CCN(C(=O)CC2CCCN2)CC1. The van der Waals surface area contributed by atoms with Crippen LogP contribution in [0.3, 0.4) is 0 Å². The molecule has 0 bridgehead atoms. The fourth-order valence-electron chi connectivity index (χ4n) is 2.90. The van der Waals surface area contributed by atoms with E-state index in [1.54, 1.807) is 0 Å². The Kier molecular flexibility index (Phi) is 5.19. The normalized spacial score (nSPS) is 24.5. The summed E-state index contributed by atoms with van der Waals surface area (Å²) in [6.07, 6.45) is 4.35. The minimum absolute atomic E-state index is 0.0198. The zero-order valence-electron chi connectivity index (χ0n) is 11.7. The minimum atomic E-state index is -0.105. The van der Waals surface area contributed by atoms with E-state index in [1.165, 1.54) is 6.42 Å². The number of amides is 1. The van der Waals surface area contributed by atoms with E-state index >= 15 is 0 Å². The molecule has 5 heteroatoms. The second-order valence-electron chi connectivity index (χ2n) is 5.40. The summed E-state index contributed by atoms with van der Waals surface area (Å²) in [5.41, 5.74) is 0. The largest absolute Gasteiger partial charge is 0.466 e. The number of likely N-dealkylation sites (tertiary alicyclic amines) is 1. The maximum atomic E-state index is 12.1. The summed E-state index contributed by atoms with van der Waals surface area (Å²) in [6, 6.07) is 0.357. The molecule has 2 aliphatic heterocycles. The smallest absolute Gasteiger partial charge is 0.309 e. The molecule has 1 amide bonds. The molecule has 0 saturated carbocycles. The molecule has 2 saturated heterocycles. The third kappa shape index (κ3) is 3.93. The van der Waals surface area contributed by atoms with Crippen molar-refractivity contribution >= 4 is 11.9 Å². The molecule has 0 aromatic heterocycles. The van der Waals surface area contributed by atoms with Gasteiger partial charge in [0.05, 0.1) is 12.5 Å². The van der Waals surface area contributed by atoms with Gasteiger partial charge in [0.15, 0.2) is 0 Å². The Morgan fingerprint density at radius 1 is 1.26 bits per heavy atom. The second-order valence-corrected chi connectivity index (χ2v) is 5.40. The van der Waals surface area contributed by atoms with E-state index in [-0.39, 0.29) is 17.8 Å². The van der Waals surface area contributed by atoms with Crippen LogP contribution in [-0.4, -0.2) is 49.1 Å². The second kappa shape index (κ2) is 6.89. The van der Waals surface area contributed by atoms with Crippen LogP contribution in [-0.2, 0) is 14.3 Å². The molecular formula is C14H24N2O3. The van der Waals surface area contributed by atoms with E-state index in [2.05, 4.69) is 5.32 Å². The van der Waals surface area contributed by atoms with E-state index in [0.29, 0.717) is 32.2 Å². The number of esters is 1. The number of nitrogens with zero attached hydrogens (tertiary/aromatic N) is 1. The van der Waals surface area contributed by atoms with Crippen LogP contribution in [0.2, 0.25) is 0 Å². The summed E-state index contributed by atoms with van der Waals surface area (Å²) in [7, 11) is 0. The summed E-state index contributed by atoms with van der Waals surface area (Å²) in [5.74, 6) is 0.0994. The van der Waals surface area contributed by atoms with Crippen LogP contribution in [0.5, 0.6) is 0 Å². The van der Waals surface area contributed by atoms with E-state index in [0.717, 1.165) is 25.8 Å². The Bertz CT molecular complexity index is 319. The first-order chi connectivity index (χ1) is 9.20. The van der Waals surface area contributed by atoms with Gasteiger partial charge in [-0.2, -0.15) is 0 Å². The predicted octanol–water partition coefficient (Wildman–Crippen LogP) is 0.930. The molecule has 0 radical (unpaired) electrons. The van der Waals surface area contributed by atoms with Crippen LogP contribution in [0.1, 0.15) is 39.0 Å². The number of carbonyl (C=O) groups excluding carboxylic acids is 2. The monoisotopic (exact) mass is 268 g/mol. The van der Waals surface area contributed by atoms with Gasteiger partial charge in [-0.3, -0.25) is 9.59 Å². The number of rotatable bonds is 4. The standard InChI is InChI=1S/C14H24N2O3/c1-2-19-14(18)11-5-8-16(9-6-11)13(17)10-12-4-3-7-15-12/h11-12,15H,2-10H2,1H3. The maximum absolute atomic E-state index is 12.1. The minimum Gasteiger partial charge on any atom is -0.466 e. The average Bonchev–Trinajstić information content (AvgIpc) is 2.92. The van der Waals surface area contributed by atoms with Crippen LogP contribution in [0, 0.1) is 5.92 Å². The van der Waals surface area contributed by atoms with Gasteiger partial charge in [-0.25, -0.2) is 0 Å². The lowest BCUT2D eigenvalue weighted by Crippen LogP contribution is -2.42. The molecule has 2 rings (SSSR count). The zero-order valence-corrected chi connectivity index (χ0v) is 11.7. The molecule has 0 aromatic carbocycles. The van der Waals surface area contributed by atoms with Crippen molar-refractivity contribution in [2.45, 2.75) is 45.1 Å². The fourth-order valence-corrected chi connectivity index (χ4v) is 2.90. The summed E-state index contributed by atoms with van der Waals surface area (Å²) < 4.78 is 5.03. The van der Waals surface area contributed by atoms with Gasteiger partial charge < -0.3 is 15.0 Å². The molecule has 1 N–H and O–H groups in total. The molecule has 5 nitrogen and oxygen atoms in total. The molecule has 1 unspecified atom stereocenters. The first-order valence-electron chi connectivity index (χ1n) is 7.38. The zero-order chi connectivity index (χ0) is 13.7. The molecule has 2 fully saturated rings. The van der Waals surface area contributed by atoms with Gasteiger partial charge in [0.2, 0.25) is 5.91 Å². The van der Waals surface area contributed by atoms with E-state index in [4.69, 9.17) is 4.74 Å². The highest BCUT2D eigenvalue weighted by molar-refractivity contribution is 5.78. The molecule has 2 heterocycles. The summed E-state index contributed by atoms with van der Waals surface area (Å²) in [5, 5.41) is 3.35. The third-order valence-electron chi connectivity index (χ3n) is 4.05. The Morgan fingerprint density at radius 3 is 2.58 bits per heavy atom. The van der Waals surface area contributed by atoms with Crippen molar-refractivity contribution in [2.75, 3.05) is 26.2 Å². The van der Waals surface area contributed by atoms with Crippen LogP contribution in [0.4, 0.5) is 0 Å². The molecule has 19 heavy (non-hydrogen) atoms. The van der Waals surface area contributed by atoms with Gasteiger partial charge in [0.1, 0.15) is 0 Å². The number of ether oxygens (including phenoxy) is 1. The van der Waals surface area contributed by atoms with Crippen LogP contribution in [0.25, 0.3) is 0 Å². The first-order valence-corrected chi connectivity index (χ1v) is 7.38. The predicted molar refractivity (Wildman–Crippen MR) is 71.6 cm³/mol. The highest BCUT2D eigenvalue weighted by Gasteiger charge is 2.29. The quantitative estimate of drug-likeness (QED) is 0.771. The summed E-state index contributed by atoms with van der Waals surface area (Å²) in [6.45, 7) is 4.67. The molecule has 1 atom stereocenters. The number of hydrogen-bond donors (Lipinski definition) is 1. The topological polar surface area (TPSA) is 58.6 Å². The first kappa shape index (κ1) is 14.3. The Hall–Kier alpha value is -1.10. The van der Waals surface area contributed by atoms with Gasteiger partial charge >= 0.3 is 5.97 Å². The van der Waals surface area contributed by atoms with Crippen LogP contribution >= 0.6 is 0 Å². The number of hydrogen-bond acceptors (Lipinski definition) is 4. The Labute approximate surface area is 114 Å². The van der Waals surface area contributed by atoms with Crippen molar-refractivity contribution < 1.29 is 14.3 Å². The molecule has 0 aliphatic carbocycles. The Balaban J connectivity index is 1.72. The third-order valence-corrected chi connectivity index (χ3v) is 4.05. The van der Waals surface area contributed by atoms with Gasteiger partial charge in [-0.05, 0) is 39.2 Å². The molecule has 2 aliphatic rings. The van der Waals surface area contributed by atoms with Crippen molar-refractivity contribution in [1.29, 1.82) is 0 Å². The van der Waals surface area contributed by atoms with Crippen molar-refractivity contribution in [1.82, 2.24) is 10.2 Å².